The second-order valence-electron chi connectivity index (χ2n) is 5.65. The predicted octanol–water partition coefficient (Wildman–Crippen LogP) is 3.01. The van der Waals surface area contributed by atoms with Crippen molar-refractivity contribution in [3.8, 4) is 5.75 Å². The fourth-order valence-corrected chi connectivity index (χ4v) is 2.80. The highest BCUT2D eigenvalue weighted by atomic mass is 35.5. The van der Waals surface area contributed by atoms with Crippen LogP contribution in [0.3, 0.4) is 0 Å². The summed E-state index contributed by atoms with van der Waals surface area (Å²) in [5.41, 5.74) is 2.97. The van der Waals surface area contributed by atoms with Gasteiger partial charge in [-0.1, -0.05) is 16.8 Å². The molecule has 1 aliphatic heterocycles. The summed E-state index contributed by atoms with van der Waals surface area (Å²) in [5.74, 6) is 0.219. The number of oxime groups is 1. The van der Waals surface area contributed by atoms with Crippen LogP contribution in [0.5, 0.6) is 5.75 Å². The van der Waals surface area contributed by atoms with E-state index in [1.807, 2.05) is 24.7 Å². The summed E-state index contributed by atoms with van der Waals surface area (Å²) in [6.45, 7) is 4.69. The van der Waals surface area contributed by atoms with Crippen LogP contribution < -0.4 is 10.1 Å². The normalized spacial score (nSPS) is 16.3. The summed E-state index contributed by atoms with van der Waals surface area (Å²) in [6.07, 6.45) is 1.59. The highest BCUT2D eigenvalue weighted by molar-refractivity contribution is 6.31. The highest BCUT2D eigenvalue weighted by Gasteiger charge is 2.30. The molecule has 0 spiro atoms. The molecule has 0 radical (unpaired) electrons. The summed E-state index contributed by atoms with van der Waals surface area (Å²) < 4.78 is 7.06. The summed E-state index contributed by atoms with van der Waals surface area (Å²) in [5, 5.41) is 11.7. The number of carbonyl (C=O) groups excluding carboxylic acids is 1. The maximum absolute atomic E-state index is 12.5. The summed E-state index contributed by atoms with van der Waals surface area (Å²) in [4.78, 5) is 17.8. The Morgan fingerprint density at radius 3 is 3.00 bits per heavy atom. The van der Waals surface area contributed by atoms with Gasteiger partial charge >= 0.3 is 0 Å². The maximum Gasteiger partial charge on any atom is 0.268 e. The van der Waals surface area contributed by atoms with Crippen LogP contribution in [0.15, 0.2) is 29.6 Å². The van der Waals surface area contributed by atoms with E-state index in [1.54, 1.807) is 18.2 Å². The second kappa shape index (κ2) is 7.14. The minimum Gasteiger partial charge on any atom is -0.495 e. The van der Waals surface area contributed by atoms with Gasteiger partial charge in [-0.15, -0.1) is 0 Å². The Morgan fingerprint density at radius 2 is 2.32 bits per heavy atom. The average molecular weight is 363 g/mol. The number of aromatic nitrogens is 2. The zero-order chi connectivity index (χ0) is 18.0. The SMILES string of the molecule is CCn1cc(C2=NO[C@@H](C(=O)Nc3cc(Cl)ccc3OC)C2)c(C)n1. The van der Waals surface area contributed by atoms with Gasteiger partial charge in [0.2, 0.25) is 6.10 Å². The first-order valence-corrected chi connectivity index (χ1v) is 8.31. The van der Waals surface area contributed by atoms with Crippen molar-refractivity contribution in [2.24, 2.45) is 5.16 Å². The summed E-state index contributed by atoms with van der Waals surface area (Å²) in [7, 11) is 1.53. The third kappa shape index (κ3) is 3.61. The van der Waals surface area contributed by atoms with Crippen molar-refractivity contribution in [1.82, 2.24) is 9.78 Å². The smallest absolute Gasteiger partial charge is 0.268 e. The van der Waals surface area contributed by atoms with Gasteiger partial charge in [-0.3, -0.25) is 9.48 Å². The van der Waals surface area contributed by atoms with E-state index in [0.717, 1.165) is 23.5 Å². The molecular formula is C17H19ClN4O3. The van der Waals surface area contributed by atoms with Gasteiger partial charge in [0.15, 0.2) is 0 Å². The number of anilines is 1. The van der Waals surface area contributed by atoms with Crippen LogP contribution in [0.2, 0.25) is 5.02 Å². The van der Waals surface area contributed by atoms with E-state index in [2.05, 4.69) is 15.6 Å². The lowest BCUT2D eigenvalue weighted by Gasteiger charge is -2.12. The number of nitrogens with one attached hydrogen (secondary N) is 1. The third-order valence-electron chi connectivity index (χ3n) is 3.96. The van der Waals surface area contributed by atoms with Gasteiger partial charge in [0.1, 0.15) is 5.75 Å². The van der Waals surface area contributed by atoms with E-state index < -0.39 is 6.10 Å². The fraction of sp³-hybridized carbons (Fsp3) is 0.353. The van der Waals surface area contributed by atoms with E-state index in [0.29, 0.717) is 22.9 Å². The molecule has 1 aromatic heterocycles. The molecule has 1 N–H and O–H groups in total. The zero-order valence-corrected chi connectivity index (χ0v) is 15.0. The fourth-order valence-electron chi connectivity index (χ4n) is 2.63. The monoisotopic (exact) mass is 362 g/mol. The molecule has 1 aliphatic rings. The Labute approximate surface area is 150 Å². The van der Waals surface area contributed by atoms with Crippen LogP contribution in [0.4, 0.5) is 5.69 Å². The largest absolute Gasteiger partial charge is 0.495 e. The molecule has 0 saturated heterocycles. The summed E-state index contributed by atoms with van der Waals surface area (Å²) >= 11 is 5.98. The molecule has 1 amide bonds. The molecule has 3 rings (SSSR count). The van der Waals surface area contributed by atoms with Crippen LogP contribution in [0.1, 0.15) is 24.6 Å². The Hall–Kier alpha value is -2.54. The first-order chi connectivity index (χ1) is 12.0. The molecule has 2 heterocycles. The van der Waals surface area contributed by atoms with Crippen LogP contribution in [-0.4, -0.2) is 34.6 Å². The molecule has 2 aromatic rings. The van der Waals surface area contributed by atoms with Crippen LogP contribution >= 0.6 is 11.6 Å². The number of hydrogen-bond acceptors (Lipinski definition) is 5. The predicted molar refractivity (Wildman–Crippen MR) is 95.3 cm³/mol. The van der Waals surface area contributed by atoms with Crippen molar-refractivity contribution < 1.29 is 14.4 Å². The minimum atomic E-state index is -0.705. The van der Waals surface area contributed by atoms with Crippen LogP contribution in [-0.2, 0) is 16.2 Å². The number of methoxy groups -OCH3 is 1. The van der Waals surface area contributed by atoms with Gasteiger partial charge < -0.3 is 14.9 Å². The van der Waals surface area contributed by atoms with Crippen LogP contribution in [0.25, 0.3) is 0 Å². The maximum atomic E-state index is 12.5. The van der Waals surface area contributed by atoms with E-state index >= 15 is 0 Å². The quantitative estimate of drug-likeness (QED) is 0.886. The number of amides is 1. The molecule has 25 heavy (non-hydrogen) atoms. The molecule has 132 valence electrons. The molecule has 0 bridgehead atoms. The minimum absolute atomic E-state index is 0.306. The highest BCUT2D eigenvalue weighted by Crippen LogP contribution is 2.28. The van der Waals surface area contributed by atoms with Gasteiger partial charge in [-0.05, 0) is 32.0 Å². The molecule has 0 fully saturated rings. The van der Waals surface area contributed by atoms with Crippen LogP contribution in [0, 0.1) is 6.92 Å². The Kier molecular flexibility index (Phi) is 4.94. The molecular weight excluding hydrogens is 344 g/mol. The van der Waals surface area contributed by atoms with E-state index in [4.69, 9.17) is 21.2 Å². The topological polar surface area (TPSA) is 77.7 Å². The van der Waals surface area contributed by atoms with Gasteiger partial charge in [0.25, 0.3) is 5.91 Å². The molecule has 0 saturated carbocycles. The van der Waals surface area contributed by atoms with E-state index in [-0.39, 0.29) is 5.91 Å². The van der Waals surface area contributed by atoms with Crippen molar-refractivity contribution in [2.45, 2.75) is 32.9 Å². The van der Waals surface area contributed by atoms with Gasteiger partial charge in [0.05, 0.1) is 24.2 Å². The van der Waals surface area contributed by atoms with E-state index in [1.165, 1.54) is 7.11 Å². The number of aryl methyl sites for hydroxylation is 2. The first kappa shape index (κ1) is 17.3. The molecule has 0 unspecified atom stereocenters. The van der Waals surface area contributed by atoms with Crippen molar-refractivity contribution >= 4 is 28.9 Å². The zero-order valence-electron chi connectivity index (χ0n) is 14.2. The van der Waals surface area contributed by atoms with Gasteiger partial charge in [-0.2, -0.15) is 5.10 Å². The molecule has 8 heteroatoms. The molecule has 0 aliphatic carbocycles. The van der Waals surface area contributed by atoms with Gasteiger partial charge in [-0.25, -0.2) is 0 Å². The van der Waals surface area contributed by atoms with Crippen molar-refractivity contribution in [1.29, 1.82) is 0 Å². The third-order valence-corrected chi connectivity index (χ3v) is 4.20. The number of carbonyl (C=O) groups is 1. The lowest BCUT2D eigenvalue weighted by molar-refractivity contribution is -0.125. The summed E-state index contributed by atoms with van der Waals surface area (Å²) in [6, 6.07) is 5.01. The standard InChI is InChI=1S/C17H19ClN4O3/c1-4-22-9-12(10(2)20-22)13-8-16(25-21-13)17(23)19-14-7-11(18)5-6-15(14)24-3/h5-7,9,16H,4,8H2,1-3H3,(H,19,23)/t16-/m1/s1. The molecule has 7 nitrogen and oxygen atoms in total. The Morgan fingerprint density at radius 1 is 1.52 bits per heavy atom. The Bertz CT molecular complexity index is 831. The number of halogens is 1. The lowest BCUT2D eigenvalue weighted by Crippen LogP contribution is -2.28. The molecule has 1 aromatic carbocycles. The lowest BCUT2D eigenvalue weighted by atomic mass is 10.1. The number of hydrogen-bond donors (Lipinski definition) is 1. The number of ether oxygens (including phenoxy) is 1. The van der Waals surface area contributed by atoms with Crippen molar-refractivity contribution in [3.05, 3.63) is 40.7 Å². The molecule has 1 atom stereocenters. The first-order valence-electron chi connectivity index (χ1n) is 7.93. The second-order valence-corrected chi connectivity index (χ2v) is 6.09. The Balaban J connectivity index is 1.70. The average Bonchev–Trinajstić information content (AvgIpc) is 3.21. The number of nitrogens with zero attached hydrogens (tertiary/aromatic N) is 3. The van der Waals surface area contributed by atoms with E-state index in [9.17, 15) is 4.79 Å². The van der Waals surface area contributed by atoms with Crippen molar-refractivity contribution in [3.63, 3.8) is 0 Å². The number of rotatable bonds is 5. The number of benzene rings is 1. The van der Waals surface area contributed by atoms with Gasteiger partial charge in [0, 0.05) is 29.7 Å². The van der Waals surface area contributed by atoms with Crippen molar-refractivity contribution in [2.75, 3.05) is 12.4 Å².